The maximum atomic E-state index is 13.9. The van der Waals surface area contributed by atoms with Crippen molar-refractivity contribution in [3.63, 3.8) is 0 Å². The minimum Gasteiger partial charge on any atom is -0.460 e. The molecule has 1 unspecified atom stereocenters. The normalized spacial score (nSPS) is 22.5. The van der Waals surface area contributed by atoms with Gasteiger partial charge in [0.2, 0.25) is 5.67 Å². The molecule has 1 rings (SSSR count). The van der Waals surface area contributed by atoms with Crippen LogP contribution in [0.5, 0.6) is 0 Å². The molecule has 1 fully saturated rings. The molecule has 1 aliphatic rings. The highest BCUT2D eigenvalue weighted by molar-refractivity contribution is 5.79. The van der Waals surface area contributed by atoms with Crippen LogP contribution in [0.4, 0.5) is 4.39 Å². The predicted octanol–water partition coefficient (Wildman–Crippen LogP) is 3.25. The first kappa shape index (κ1) is 12.5. The Kier molecular flexibility index (Phi) is 4.12. The summed E-state index contributed by atoms with van der Waals surface area (Å²) in [5.41, 5.74) is -1.85. The number of carbonyl (C=O) groups excluding carboxylic acids is 1. The Bertz CT molecular complexity index is 218. The molecule has 1 atom stereocenters. The van der Waals surface area contributed by atoms with Gasteiger partial charge in [-0.2, -0.15) is 0 Å². The second-order valence-electron chi connectivity index (χ2n) is 4.90. The third-order valence-corrected chi connectivity index (χ3v) is 3.31. The van der Waals surface area contributed by atoms with Crippen molar-refractivity contribution < 1.29 is 13.9 Å². The second kappa shape index (κ2) is 4.95. The van der Waals surface area contributed by atoms with Gasteiger partial charge in [-0.3, -0.25) is 0 Å². The summed E-state index contributed by atoms with van der Waals surface area (Å²) in [4.78, 5) is 11.6. The summed E-state index contributed by atoms with van der Waals surface area (Å²) < 4.78 is 19.1. The van der Waals surface area contributed by atoms with Crippen LogP contribution in [0.2, 0.25) is 0 Å². The lowest BCUT2D eigenvalue weighted by Gasteiger charge is -2.27. The van der Waals surface area contributed by atoms with Crippen LogP contribution in [-0.4, -0.2) is 17.7 Å². The second-order valence-corrected chi connectivity index (χ2v) is 4.90. The van der Waals surface area contributed by atoms with E-state index in [0.29, 0.717) is 0 Å². The standard InChI is InChI=1S/C12H21FO2/c1-9(2)12(3,13)11(14)15-10-7-5-4-6-8-10/h9-10H,4-8H2,1-3H3. The van der Waals surface area contributed by atoms with E-state index < -0.39 is 11.6 Å². The monoisotopic (exact) mass is 216 g/mol. The number of esters is 1. The van der Waals surface area contributed by atoms with Crippen LogP contribution in [0.3, 0.4) is 0 Å². The summed E-state index contributed by atoms with van der Waals surface area (Å²) in [6.07, 6.45) is 5.09. The van der Waals surface area contributed by atoms with Gasteiger partial charge >= 0.3 is 5.97 Å². The maximum absolute atomic E-state index is 13.9. The molecule has 88 valence electrons. The van der Waals surface area contributed by atoms with Crippen LogP contribution in [-0.2, 0) is 9.53 Å². The van der Waals surface area contributed by atoms with Gasteiger partial charge in [0.15, 0.2) is 0 Å². The molecule has 15 heavy (non-hydrogen) atoms. The molecule has 0 aliphatic heterocycles. The number of alkyl halides is 1. The Morgan fingerprint density at radius 1 is 1.33 bits per heavy atom. The maximum Gasteiger partial charge on any atom is 0.344 e. The third kappa shape index (κ3) is 3.18. The lowest BCUT2D eigenvalue weighted by atomic mass is 9.94. The van der Waals surface area contributed by atoms with E-state index in [1.807, 2.05) is 0 Å². The van der Waals surface area contributed by atoms with Crippen LogP contribution >= 0.6 is 0 Å². The van der Waals surface area contributed by atoms with E-state index in [1.165, 1.54) is 13.3 Å². The van der Waals surface area contributed by atoms with Crippen molar-refractivity contribution in [3.8, 4) is 0 Å². The summed E-state index contributed by atoms with van der Waals surface area (Å²) in [5, 5.41) is 0. The van der Waals surface area contributed by atoms with E-state index in [9.17, 15) is 9.18 Å². The van der Waals surface area contributed by atoms with Gasteiger partial charge in [-0.15, -0.1) is 0 Å². The summed E-state index contributed by atoms with van der Waals surface area (Å²) in [5.74, 6) is -1.03. The number of rotatable bonds is 3. The highest BCUT2D eigenvalue weighted by Crippen LogP contribution is 2.27. The lowest BCUT2D eigenvalue weighted by Crippen LogP contribution is -2.39. The van der Waals surface area contributed by atoms with Crippen molar-refractivity contribution in [1.82, 2.24) is 0 Å². The number of hydrogen-bond donors (Lipinski definition) is 0. The van der Waals surface area contributed by atoms with E-state index in [-0.39, 0.29) is 12.0 Å². The van der Waals surface area contributed by atoms with Gasteiger partial charge < -0.3 is 4.74 Å². The van der Waals surface area contributed by atoms with Crippen molar-refractivity contribution in [3.05, 3.63) is 0 Å². The Morgan fingerprint density at radius 3 is 2.33 bits per heavy atom. The van der Waals surface area contributed by atoms with Gasteiger partial charge in [0, 0.05) is 0 Å². The molecule has 0 aromatic rings. The highest BCUT2D eigenvalue weighted by atomic mass is 19.1. The third-order valence-electron chi connectivity index (χ3n) is 3.31. The summed E-state index contributed by atoms with van der Waals surface area (Å²) in [6.45, 7) is 4.70. The smallest absolute Gasteiger partial charge is 0.344 e. The molecule has 0 heterocycles. The Hall–Kier alpha value is -0.600. The van der Waals surface area contributed by atoms with Gasteiger partial charge in [-0.25, -0.2) is 9.18 Å². The molecule has 0 aromatic heterocycles. The van der Waals surface area contributed by atoms with Gasteiger partial charge in [0.1, 0.15) is 6.10 Å². The van der Waals surface area contributed by atoms with E-state index in [4.69, 9.17) is 4.74 Å². The fourth-order valence-electron chi connectivity index (χ4n) is 1.69. The minimum atomic E-state index is -1.85. The summed E-state index contributed by atoms with van der Waals surface area (Å²) in [7, 11) is 0. The van der Waals surface area contributed by atoms with Crippen molar-refractivity contribution in [2.24, 2.45) is 5.92 Å². The van der Waals surface area contributed by atoms with Crippen LogP contribution in [0, 0.1) is 5.92 Å². The number of ether oxygens (including phenoxy) is 1. The first-order chi connectivity index (χ1) is 6.94. The van der Waals surface area contributed by atoms with Gasteiger partial charge in [-0.05, 0) is 38.5 Å². The van der Waals surface area contributed by atoms with Crippen LogP contribution in [0.1, 0.15) is 52.9 Å². The zero-order valence-electron chi connectivity index (χ0n) is 9.88. The fraction of sp³-hybridized carbons (Fsp3) is 0.917. The minimum absolute atomic E-state index is 0.0555. The van der Waals surface area contributed by atoms with Crippen LogP contribution in [0.15, 0.2) is 0 Å². The average Bonchev–Trinajstić information content (AvgIpc) is 2.18. The molecule has 3 heteroatoms. The largest absolute Gasteiger partial charge is 0.460 e. The Labute approximate surface area is 91.2 Å². The molecule has 2 nitrogen and oxygen atoms in total. The zero-order valence-corrected chi connectivity index (χ0v) is 9.88. The molecular formula is C12H21FO2. The van der Waals surface area contributed by atoms with Gasteiger partial charge in [0.25, 0.3) is 0 Å². The molecule has 0 bridgehead atoms. The van der Waals surface area contributed by atoms with E-state index in [1.54, 1.807) is 13.8 Å². The molecule has 0 spiro atoms. The lowest BCUT2D eigenvalue weighted by molar-refractivity contribution is -0.166. The molecule has 0 radical (unpaired) electrons. The zero-order chi connectivity index (χ0) is 11.5. The molecule has 0 aromatic carbocycles. The van der Waals surface area contributed by atoms with Gasteiger partial charge in [-0.1, -0.05) is 20.3 Å². The quantitative estimate of drug-likeness (QED) is 0.677. The molecule has 0 saturated heterocycles. The van der Waals surface area contributed by atoms with Crippen molar-refractivity contribution in [2.45, 2.75) is 64.6 Å². The molecule has 1 aliphatic carbocycles. The van der Waals surface area contributed by atoms with E-state index in [2.05, 4.69) is 0 Å². The van der Waals surface area contributed by atoms with E-state index >= 15 is 0 Å². The summed E-state index contributed by atoms with van der Waals surface area (Å²) in [6, 6.07) is 0. The summed E-state index contributed by atoms with van der Waals surface area (Å²) >= 11 is 0. The number of halogens is 1. The van der Waals surface area contributed by atoms with Crippen molar-refractivity contribution in [1.29, 1.82) is 0 Å². The van der Waals surface area contributed by atoms with Crippen molar-refractivity contribution >= 4 is 5.97 Å². The van der Waals surface area contributed by atoms with Gasteiger partial charge in [0.05, 0.1) is 0 Å². The number of hydrogen-bond acceptors (Lipinski definition) is 2. The molecular weight excluding hydrogens is 195 g/mol. The molecule has 1 saturated carbocycles. The highest BCUT2D eigenvalue weighted by Gasteiger charge is 2.39. The molecule has 0 N–H and O–H groups in total. The predicted molar refractivity (Wildman–Crippen MR) is 57.3 cm³/mol. The van der Waals surface area contributed by atoms with E-state index in [0.717, 1.165) is 25.7 Å². The first-order valence-corrected chi connectivity index (χ1v) is 5.84. The Morgan fingerprint density at radius 2 is 1.87 bits per heavy atom. The van der Waals surface area contributed by atoms with Crippen LogP contribution < -0.4 is 0 Å². The topological polar surface area (TPSA) is 26.3 Å². The SMILES string of the molecule is CC(C)C(C)(F)C(=O)OC1CCCCC1. The van der Waals surface area contributed by atoms with Crippen molar-refractivity contribution in [2.75, 3.05) is 0 Å². The van der Waals surface area contributed by atoms with Crippen LogP contribution in [0.25, 0.3) is 0 Å². The fourth-order valence-corrected chi connectivity index (χ4v) is 1.69. The average molecular weight is 216 g/mol. The Balaban J connectivity index is 2.46. The first-order valence-electron chi connectivity index (χ1n) is 5.84. The number of carbonyl (C=O) groups is 1. The molecule has 0 amide bonds.